The van der Waals surface area contributed by atoms with E-state index < -0.39 is 0 Å². The van der Waals surface area contributed by atoms with Crippen LogP contribution in [-0.2, 0) is 11.3 Å². The molecule has 34 heavy (non-hydrogen) atoms. The van der Waals surface area contributed by atoms with Gasteiger partial charge in [0.1, 0.15) is 6.04 Å². The van der Waals surface area contributed by atoms with Crippen molar-refractivity contribution >= 4 is 34.6 Å². The number of hydrogen-bond acceptors (Lipinski definition) is 4. The summed E-state index contributed by atoms with van der Waals surface area (Å²) in [7, 11) is 0. The van der Waals surface area contributed by atoms with E-state index in [-0.39, 0.29) is 18.0 Å². The van der Waals surface area contributed by atoms with Gasteiger partial charge in [0.25, 0.3) is 0 Å². The molecule has 0 radical (unpaired) electrons. The van der Waals surface area contributed by atoms with Crippen LogP contribution in [0.1, 0.15) is 36.1 Å². The van der Waals surface area contributed by atoms with Crippen molar-refractivity contribution in [2.75, 3.05) is 10.2 Å². The fourth-order valence-corrected chi connectivity index (χ4v) is 4.69. The largest absolute Gasteiger partial charge is 0.351 e. The predicted molar refractivity (Wildman–Crippen MR) is 136 cm³/mol. The minimum Gasteiger partial charge on any atom is -0.351 e. The highest BCUT2D eigenvalue weighted by Gasteiger charge is 2.42. The smallest absolute Gasteiger partial charge is 0.221 e. The maximum atomic E-state index is 11.4. The molecule has 0 bridgehead atoms. The Labute approximate surface area is 203 Å². The Bertz CT molecular complexity index is 1290. The normalized spacial score (nSPS) is 17.4. The number of thiocarbonyl (C=S) groups is 1. The van der Waals surface area contributed by atoms with Crippen molar-refractivity contribution in [2.24, 2.45) is 0 Å². The van der Waals surface area contributed by atoms with Crippen LogP contribution in [0.3, 0.4) is 0 Å². The van der Waals surface area contributed by atoms with Gasteiger partial charge in [-0.15, -0.1) is 0 Å². The Kier molecular flexibility index (Phi) is 6.05. The molecule has 0 aliphatic carbocycles. The molecule has 1 amide bonds. The maximum absolute atomic E-state index is 11.4. The van der Waals surface area contributed by atoms with Crippen LogP contribution in [0.2, 0.25) is 0 Å². The Balaban J connectivity index is 1.56. The third kappa shape index (κ3) is 4.40. The van der Waals surface area contributed by atoms with E-state index in [9.17, 15) is 4.79 Å². The van der Waals surface area contributed by atoms with Gasteiger partial charge in [0.15, 0.2) is 5.11 Å². The SMILES string of the molecule is CC(=O)Nc1ccc(N2C(=S)NC(c3ccccn3)C2c2cccn2Cc2ccccn2)cc1. The van der Waals surface area contributed by atoms with Crippen molar-refractivity contribution in [2.45, 2.75) is 25.6 Å². The van der Waals surface area contributed by atoms with Crippen molar-refractivity contribution in [3.63, 3.8) is 0 Å². The van der Waals surface area contributed by atoms with E-state index in [4.69, 9.17) is 12.2 Å². The number of pyridine rings is 2. The lowest BCUT2D eigenvalue weighted by Crippen LogP contribution is -2.30. The van der Waals surface area contributed by atoms with Gasteiger partial charge in [-0.3, -0.25) is 14.8 Å². The number of carbonyl (C=O) groups is 1. The molecular weight excluding hydrogens is 444 g/mol. The number of anilines is 2. The second-order valence-corrected chi connectivity index (χ2v) is 8.49. The molecular formula is C26H24N6OS. The standard InChI is InChI=1S/C26H24N6OS/c1-18(33)29-19-10-12-21(13-11-19)32-25(24(30-26(32)34)22-8-3-5-15-28-22)23-9-6-16-31(23)17-20-7-2-4-14-27-20/h2-16,24-25H,17H2,1H3,(H,29,33)(H,30,34). The number of aromatic nitrogens is 3. The minimum absolute atomic E-state index is 0.105. The highest BCUT2D eigenvalue weighted by atomic mass is 32.1. The molecule has 1 aliphatic rings. The molecule has 1 aliphatic heterocycles. The average Bonchev–Trinajstić information content (AvgIpc) is 3.44. The van der Waals surface area contributed by atoms with Crippen LogP contribution in [0.25, 0.3) is 0 Å². The van der Waals surface area contributed by atoms with Gasteiger partial charge < -0.3 is 20.1 Å². The zero-order chi connectivity index (χ0) is 23.5. The van der Waals surface area contributed by atoms with Gasteiger partial charge in [0.05, 0.1) is 24.0 Å². The van der Waals surface area contributed by atoms with Gasteiger partial charge in [-0.1, -0.05) is 12.1 Å². The molecule has 1 fully saturated rings. The molecule has 0 saturated carbocycles. The first-order valence-corrected chi connectivity index (χ1v) is 11.4. The molecule has 5 rings (SSSR count). The molecule has 8 heteroatoms. The van der Waals surface area contributed by atoms with Crippen molar-refractivity contribution in [3.8, 4) is 0 Å². The number of benzene rings is 1. The second-order valence-electron chi connectivity index (χ2n) is 8.11. The summed E-state index contributed by atoms with van der Waals surface area (Å²) in [6.45, 7) is 2.15. The van der Waals surface area contributed by atoms with E-state index >= 15 is 0 Å². The lowest BCUT2D eigenvalue weighted by atomic mass is 10.0. The zero-order valence-corrected chi connectivity index (χ0v) is 19.4. The van der Waals surface area contributed by atoms with Gasteiger partial charge in [-0.05, 0) is 72.9 Å². The molecule has 3 aromatic heterocycles. The lowest BCUT2D eigenvalue weighted by molar-refractivity contribution is -0.114. The summed E-state index contributed by atoms with van der Waals surface area (Å²) in [5.41, 5.74) is 4.66. The van der Waals surface area contributed by atoms with Crippen molar-refractivity contribution in [1.29, 1.82) is 0 Å². The highest BCUT2D eigenvalue weighted by molar-refractivity contribution is 7.80. The first-order chi connectivity index (χ1) is 16.6. The topological polar surface area (TPSA) is 75.1 Å². The molecule has 2 unspecified atom stereocenters. The fraction of sp³-hybridized carbons (Fsp3) is 0.154. The third-order valence-corrected chi connectivity index (χ3v) is 6.10. The van der Waals surface area contributed by atoms with Crippen LogP contribution in [0, 0.1) is 0 Å². The third-order valence-electron chi connectivity index (χ3n) is 5.79. The molecule has 1 saturated heterocycles. The first-order valence-electron chi connectivity index (χ1n) is 11.0. The van der Waals surface area contributed by atoms with Gasteiger partial charge in [0.2, 0.25) is 5.91 Å². The second kappa shape index (κ2) is 9.44. The molecule has 1 aromatic carbocycles. The number of nitrogens with zero attached hydrogens (tertiary/aromatic N) is 4. The summed E-state index contributed by atoms with van der Waals surface area (Å²) in [5.74, 6) is -0.105. The van der Waals surface area contributed by atoms with Gasteiger partial charge >= 0.3 is 0 Å². The quantitative estimate of drug-likeness (QED) is 0.407. The van der Waals surface area contributed by atoms with Crippen LogP contribution in [0.15, 0.2) is 91.4 Å². The highest BCUT2D eigenvalue weighted by Crippen LogP contribution is 2.41. The average molecular weight is 469 g/mol. The van der Waals surface area contributed by atoms with Gasteiger partial charge in [-0.25, -0.2) is 0 Å². The van der Waals surface area contributed by atoms with Crippen LogP contribution in [0.5, 0.6) is 0 Å². The number of rotatable bonds is 6. The monoisotopic (exact) mass is 468 g/mol. The van der Waals surface area contributed by atoms with Gasteiger partial charge in [-0.2, -0.15) is 0 Å². The summed E-state index contributed by atoms with van der Waals surface area (Å²) in [6.07, 6.45) is 5.68. The van der Waals surface area contributed by atoms with Crippen molar-refractivity contribution < 1.29 is 4.79 Å². The number of carbonyl (C=O) groups excluding carboxylic acids is 1. The Hall–Kier alpha value is -4.04. The van der Waals surface area contributed by atoms with E-state index in [1.165, 1.54) is 6.92 Å². The molecule has 2 atom stereocenters. The molecule has 0 spiro atoms. The number of amides is 1. The lowest BCUT2D eigenvalue weighted by Gasteiger charge is -2.29. The van der Waals surface area contributed by atoms with Crippen molar-refractivity contribution in [1.82, 2.24) is 19.9 Å². The summed E-state index contributed by atoms with van der Waals surface area (Å²) in [5, 5.41) is 6.93. The molecule has 4 heterocycles. The zero-order valence-electron chi connectivity index (χ0n) is 18.6. The summed E-state index contributed by atoms with van der Waals surface area (Å²) in [6, 6.07) is 23.5. The molecule has 7 nitrogen and oxygen atoms in total. The van der Waals surface area contributed by atoms with Gasteiger partial charge in [0, 0.05) is 42.6 Å². The summed E-state index contributed by atoms with van der Waals surface area (Å²) in [4.78, 5) is 22.7. The van der Waals surface area contributed by atoms with Crippen LogP contribution in [-0.4, -0.2) is 25.6 Å². The number of hydrogen-bond donors (Lipinski definition) is 2. The summed E-state index contributed by atoms with van der Waals surface area (Å²) >= 11 is 5.82. The number of nitrogens with one attached hydrogen (secondary N) is 2. The fourth-order valence-electron chi connectivity index (χ4n) is 4.35. The predicted octanol–water partition coefficient (Wildman–Crippen LogP) is 4.46. The molecule has 4 aromatic rings. The van der Waals surface area contributed by atoms with E-state index in [2.05, 4.69) is 42.3 Å². The summed E-state index contributed by atoms with van der Waals surface area (Å²) < 4.78 is 2.21. The molecule has 2 N–H and O–H groups in total. The Morgan fingerprint density at radius 2 is 1.76 bits per heavy atom. The van der Waals surface area contributed by atoms with Crippen LogP contribution >= 0.6 is 12.2 Å². The minimum atomic E-state index is -0.138. The van der Waals surface area contributed by atoms with E-state index in [0.29, 0.717) is 11.7 Å². The van der Waals surface area contributed by atoms with E-state index in [0.717, 1.165) is 28.5 Å². The Morgan fingerprint density at radius 1 is 1.00 bits per heavy atom. The van der Waals surface area contributed by atoms with E-state index in [1.54, 1.807) is 6.20 Å². The van der Waals surface area contributed by atoms with Crippen LogP contribution in [0.4, 0.5) is 11.4 Å². The molecule has 170 valence electrons. The first kappa shape index (κ1) is 21.8. The van der Waals surface area contributed by atoms with Crippen LogP contribution < -0.4 is 15.5 Å². The Morgan fingerprint density at radius 3 is 2.44 bits per heavy atom. The maximum Gasteiger partial charge on any atom is 0.221 e. The van der Waals surface area contributed by atoms with Crippen molar-refractivity contribution in [3.05, 3.63) is 108 Å². The van der Waals surface area contributed by atoms with E-state index in [1.807, 2.05) is 72.9 Å².